The summed E-state index contributed by atoms with van der Waals surface area (Å²) in [4.78, 5) is 8.12. The third-order valence-electron chi connectivity index (χ3n) is 0.481. The lowest BCUT2D eigenvalue weighted by Crippen LogP contribution is -1.94. The van der Waals surface area contributed by atoms with Gasteiger partial charge in [-0.25, -0.2) is 0 Å². The van der Waals surface area contributed by atoms with Crippen molar-refractivity contribution in [3.8, 4) is 0 Å². The molecule has 0 spiro atoms. The zero-order chi connectivity index (χ0) is 5.70. The van der Waals surface area contributed by atoms with Crippen LogP contribution in [0.25, 0.3) is 0 Å². The van der Waals surface area contributed by atoms with Gasteiger partial charge < -0.3 is 9.42 Å². The Bertz CT molecular complexity index is 39.4. The van der Waals surface area contributed by atoms with Gasteiger partial charge in [0.15, 0.2) is 9.03 Å². The first-order chi connectivity index (χ1) is 3.27. The summed E-state index contributed by atoms with van der Waals surface area (Å²) in [5.41, 5.74) is 0. The van der Waals surface area contributed by atoms with Crippen LogP contribution in [0.3, 0.4) is 0 Å². The largest absolute Gasteiger partial charge is 0.352 e. The van der Waals surface area contributed by atoms with Crippen molar-refractivity contribution in [2.75, 3.05) is 6.61 Å². The van der Waals surface area contributed by atoms with Crippen molar-refractivity contribution in [2.45, 2.75) is 21.3 Å². The fourth-order valence-electron chi connectivity index (χ4n) is 0.204. The molecule has 0 aromatic carbocycles. The van der Waals surface area contributed by atoms with Crippen molar-refractivity contribution in [3.63, 3.8) is 0 Å². The summed E-state index contributed by atoms with van der Waals surface area (Å²) in [5.74, 6) is 0.527. The molecule has 0 aliphatic rings. The minimum Gasteiger partial charge on any atom is -0.352 e. The molecule has 0 aromatic rings. The Morgan fingerprint density at radius 3 is 2.25 bits per heavy atom. The van der Waals surface area contributed by atoms with Crippen LogP contribution in [0.5, 0.6) is 0 Å². The molecule has 0 rings (SSSR count). The average molecular weight is 138 g/mol. The standard InChI is InChI=1S/C4H11O2P.CH4/c1-4(2)3-6-7-5;/h4-5,7H,3H2,1-2H3;1H4. The van der Waals surface area contributed by atoms with Crippen molar-refractivity contribution in [3.05, 3.63) is 0 Å². The van der Waals surface area contributed by atoms with Crippen LogP contribution >= 0.6 is 9.03 Å². The predicted octanol–water partition coefficient (Wildman–Crippen LogP) is 1.80. The van der Waals surface area contributed by atoms with Gasteiger partial charge in [0.25, 0.3) is 0 Å². The summed E-state index contributed by atoms with van der Waals surface area (Å²) < 4.78 is 4.68. The fraction of sp³-hybridized carbons (Fsp3) is 1.00. The van der Waals surface area contributed by atoms with Gasteiger partial charge in [-0.2, -0.15) is 0 Å². The molecule has 3 heteroatoms. The molecule has 0 fully saturated rings. The molecular weight excluding hydrogens is 123 g/mol. The normalized spacial score (nSPS) is 10.5. The molecule has 1 N–H and O–H groups in total. The van der Waals surface area contributed by atoms with E-state index in [9.17, 15) is 0 Å². The highest BCUT2D eigenvalue weighted by molar-refractivity contribution is 7.24. The molecule has 0 saturated carbocycles. The zero-order valence-electron chi connectivity index (χ0n) is 4.64. The van der Waals surface area contributed by atoms with Gasteiger partial charge in [-0.15, -0.1) is 0 Å². The summed E-state index contributed by atoms with van der Waals surface area (Å²) in [6, 6.07) is 0. The van der Waals surface area contributed by atoms with Crippen LogP contribution in [0.2, 0.25) is 0 Å². The van der Waals surface area contributed by atoms with Gasteiger partial charge in [-0.3, -0.25) is 0 Å². The molecule has 0 amide bonds. The molecule has 1 unspecified atom stereocenters. The fourth-order valence-corrected chi connectivity index (χ4v) is 0.612. The van der Waals surface area contributed by atoms with E-state index in [1.165, 1.54) is 0 Å². The molecular formula is C5H15O2P. The zero-order valence-corrected chi connectivity index (χ0v) is 5.64. The van der Waals surface area contributed by atoms with E-state index >= 15 is 0 Å². The number of hydrogen-bond acceptors (Lipinski definition) is 2. The quantitative estimate of drug-likeness (QED) is 0.602. The predicted molar refractivity (Wildman–Crippen MR) is 38.1 cm³/mol. The first-order valence-electron chi connectivity index (χ1n) is 2.28. The average Bonchev–Trinajstić information content (AvgIpc) is 1.61. The Morgan fingerprint density at radius 1 is 1.62 bits per heavy atom. The molecule has 0 bridgehead atoms. The van der Waals surface area contributed by atoms with Crippen LogP contribution in [-0.2, 0) is 4.52 Å². The molecule has 52 valence electrons. The Labute approximate surface area is 53.2 Å². The van der Waals surface area contributed by atoms with Crippen LogP contribution in [0.1, 0.15) is 21.3 Å². The SMILES string of the molecule is C.CC(C)COPO. The monoisotopic (exact) mass is 138 g/mol. The Kier molecular flexibility index (Phi) is 10.3. The van der Waals surface area contributed by atoms with Crippen LogP contribution < -0.4 is 0 Å². The Balaban J connectivity index is 0. The van der Waals surface area contributed by atoms with Gasteiger partial charge in [0.05, 0.1) is 6.61 Å². The maximum atomic E-state index is 8.12. The van der Waals surface area contributed by atoms with E-state index in [0.717, 1.165) is 0 Å². The van der Waals surface area contributed by atoms with E-state index in [2.05, 4.69) is 4.52 Å². The highest BCUT2D eigenvalue weighted by Gasteiger charge is 1.89. The summed E-state index contributed by atoms with van der Waals surface area (Å²) >= 11 is 0. The van der Waals surface area contributed by atoms with Gasteiger partial charge in [0.2, 0.25) is 0 Å². The second-order valence-corrected chi connectivity index (χ2v) is 2.27. The molecule has 0 aliphatic heterocycles. The van der Waals surface area contributed by atoms with Crippen molar-refractivity contribution in [1.82, 2.24) is 0 Å². The van der Waals surface area contributed by atoms with E-state index in [1.807, 2.05) is 13.8 Å². The van der Waals surface area contributed by atoms with Crippen molar-refractivity contribution in [2.24, 2.45) is 5.92 Å². The molecule has 0 aromatic heterocycles. The minimum absolute atomic E-state index is 0. The first-order valence-corrected chi connectivity index (χ1v) is 3.13. The molecule has 0 radical (unpaired) electrons. The Hall–Kier alpha value is 0.350. The van der Waals surface area contributed by atoms with Gasteiger partial charge in [0, 0.05) is 0 Å². The third-order valence-corrected chi connectivity index (χ3v) is 0.777. The van der Waals surface area contributed by atoms with Gasteiger partial charge in [0.1, 0.15) is 0 Å². The highest BCUT2D eigenvalue weighted by atomic mass is 31.1. The van der Waals surface area contributed by atoms with E-state index in [1.54, 1.807) is 0 Å². The number of hydrogen-bond donors (Lipinski definition) is 1. The van der Waals surface area contributed by atoms with E-state index in [4.69, 9.17) is 4.89 Å². The van der Waals surface area contributed by atoms with Crippen molar-refractivity contribution < 1.29 is 9.42 Å². The van der Waals surface area contributed by atoms with E-state index in [-0.39, 0.29) is 16.5 Å². The van der Waals surface area contributed by atoms with Crippen LogP contribution in [0.4, 0.5) is 0 Å². The smallest absolute Gasteiger partial charge is 0.152 e. The third kappa shape index (κ3) is 9.61. The molecule has 1 atom stereocenters. The highest BCUT2D eigenvalue weighted by Crippen LogP contribution is 2.05. The summed E-state index contributed by atoms with van der Waals surface area (Å²) in [5, 5.41) is 0. The molecule has 2 nitrogen and oxygen atoms in total. The Morgan fingerprint density at radius 2 is 2.12 bits per heavy atom. The molecule has 0 heterocycles. The second kappa shape index (κ2) is 7.35. The minimum atomic E-state index is -0.349. The van der Waals surface area contributed by atoms with Crippen LogP contribution in [0.15, 0.2) is 0 Å². The lowest BCUT2D eigenvalue weighted by molar-refractivity contribution is 0.281. The van der Waals surface area contributed by atoms with E-state index < -0.39 is 0 Å². The molecule has 0 aliphatic carbocycles. The van der Waals surface area contributed by atoms with Crippen LogP contribution in [0, 0.1) is 5.92 Å². The topological polar surface area (TPSA) is 29.5 Å². The van der Waals surface area contributed by atoms with Crippen molar-refractivity contribution >= 4 is 9.03 Å². The molecule has 8 heavy (non-hydrogen) atoms. The van der Waals surface area contributed by atoms with E-state index in [0.29, 0.717) is 12.5 Å². The summed E-state index contributed by atoms with van der Waals surface area (Å²) in [6.45, 7) is 4.75. The van der Waals surface area contributed by atoms with Gasteiger partial charge >= 0.3 is 0 Å². The number of rotatable bonds is 3. The summed E-state index contributed by atoms with van der Waals surface area (Å²) in [7, 11) is -0.349. The second-order valence-electron chi connectivity index (χ2n) is 1.80. The van der Waals surface area contributed by atoms with Crippen molar-refractivity contribution in [1.29, 1.82) is 0 Å². The first kappa shape index (κ1) is 11.2. The molecule has 0 saturated heterocycles. The maximum Gasteiger partial charge on any atom is 0.152 e. The van der Waals surface area contributed by atoms with Gasteiger partial charge in [-0.1, -0.05) is 21.3 Å². The maximum absolute atomic E-state index is 8.12. The lowest BCUT2D eigenvalue weighted by atomic mass is 10.2. The van der Waals surface area contributed by atoms with Crippen LogP contribution in [-0.4, -0.2) is 11.5 Å². The van der Waals surface area contributed by atoms with Gasteiger partial charge in [-0.05, 0) is 5.92 Å². The lowest BCUT2D eigenvalue weighted by Gasteiger charge is -2.00. The summed E-state index contributed by atoms with van der Waals surface area (Å²) in [6.07, 6.45) is 0.